The van der Waals surface area contributed by atoms with Gasteiger partial charge in [0, 0.05) is 47.1 Å². The van der Waals surface area contributed by atoms with E-state index in [0.29, 0.717) is 5.57 Å². The van der Waals surface area contributed by atoms with E-state index < -0.39 is 0 Å². The first kappa shape index (κ1) is 22.0. The maximum Gasteiger partial charge on any atom is 0.171 e. The summed E-state index contributed by atoms with van der Waals surface area (Å²) in [5.41, 5.74) is 11.5. The van der Waals surface area contributed by atoms with Gasteiger partial charge in [-0.3, -0.25) is 9.59 Å². The Morgan fingerprint density at radius 1 is 0.857 bits per heavy atom. The van der Waals surface area contributed by atoms with E-state index in [2.05, 4.69) is 59.5 Å². The van der Waals surface area contributed by atoms with Crippen molar-refractivity contribution >= 4 is 22.8 Å². The molecule has 0 radical (unpaired) electrons. The predicted octanol–water partition coefficient (Wildman–Crippen LogP) is 3.17. The summed E-state index contributed by atoms with van der Waals surface area (Å²) in [6.07, 6.45) is 2.85. The zero-order valence-electron chi connectivity index (χ0n) is 20.1. The highest BCUT2D eigenvalue weighted by Crippen LogP contribution is 2.37. The van der Waals surface area contributed by atoms with Crippen molar-refractivity contribution in [3.63, 3.8) is 0 Å². The molecule has 3 aromatic carbocycles. The fourth-order valence-corrected chi connectivity index (χ4v) is 6.28. The summed E-state index contributed by atoms with van der Waals surface area (Å²) in [7, 11) is 0. The lowest BCUT2D eigenvalue weighted by Crippen LogP contribution is -2.45. The molecule has 1 saturated heterocycles. The van der Waals surface area contributed by atoms with E-state index in [1.54, 1.807) is 0 Å². The van der Waals surface area contributed by atoms with Crippen LogP contribution in [0, 0.1) is 10.4 Å². The van der Waals surface area contributed by atoms with Gasteiger partial charge in [0.05, 0.1) is 6.42 Å². The van der Waals surface area contributed by atoms with Crippen LogP contribution in [-0.4, -0.2) is 35.6 Å². The number of carbonyl (C=O) groups excluding carboxylic acids is 2. The molecule has 1 heterocycles. The van der Waals surface area contributed by atoms with Crippen molar-refractivity contribution in [3.05, 3.63) is 104 Å². The van der Waals surface area contributed by atoms with Crippen LogP contribution in [0.15, 0.2) is 66.7 Å². The molecular weight excluding hydrogens is 432 g/mol. The topological polar surface area (TPSA) is 63.4 Å². The Morgan fingerprint density at radius 3 is 2.34 bits per heavy atom. The summed E-state index contributed by atoms with van der Waals surface area (Å²) in [5, 5.41) is 4.30. The average Bonchev–Trinajstić information content (AvgIpc) is 2.87. The number of benzene rings is 3. The molecule has 3 aliphatic rings. The molecule has 1 unspecified atom stereocenters. The van der Waals surface area contributed by atoms with Crippen LogP contribution < -0.4 is 16.2 Å². The largest absolute Gasteiger partial charge is 0.372 e. The summed E-state index contributed by atoms with van der Waals surface area (Å²) in [6.45, 7) is 3.64. The molecule has 0 saturated carbocycles. The second kappa shape index (κ2) is 8.62. The number of fused-ring (bicyclic) bond motifs is 4. The zero-order chi connectivity index (χ0) is 24.1. The Balaban J connectivity index is 1.73. The number of nitrogens with zero attached hydrogens (tertiary/aromatic N) is 1. The molecule has 176 valence electrons. The van der Waals surface area contributed by atoms with Crippen molar-refractivity contribution in [2.24, 2.45) is 5.73 Å². The predicted molar refractivity (Wildman–Crippen MR) is 138 cm³/mol. The average molecular weight is 463 g/mol. The van der Waals surface area contributed by atoms with Crippen molar-refractivity contribution < 1.29 is 9.59 Å². The summed E-state index contributed by atoms with van der Waals surface area (Å²) >= 11 is 0. The third-order valence-electron chi connectivity index (χ3n) is 7.92. The lowest BCUT2D eigenvalue weighted by molar-refractivity contribution is -0.113. The third kappa shape index (κ3) is 3.64. The lowest BCUT2D eigenvalue weighted by atomic mass is 9.76. The third-order valence-corrected chi connectivity index (χ3v) is 7.92. The van der Waals surface area contributed by atoms with E-state index >= 15 is 0 Å². The number of likely N-dealkylation sites (tertiary alicyclic amines) is 1. The Labute approximate surface area is 205 Å². The highest BCUT2D eigenvalue weighted by atomic mass is 16.1. The molecule has 1 aliphatic heterocycles. The van der Waals surface area contributed by atoms with E-state index in [0.717, 1.165) is 59.1 Å². The molecule has 35 heavy (non-hydrogen) atoms. The smallest absolute Gasteiger partial charge is 0.171 e. The SMILES string of the molecule is CC1=c2ccc3c(c2C(=O)CC1=O)C(Cc1ccccc1)C(N1CCC[C@H](N)C1)=c1ccccc1=3. The van der Waals surface area contributed by atoms with Crippen LogP contribution in [0.3, 0.4) is 0 Å². The Kier molecular flexibility index (Phi) is 5.42. The molecule has 1 fully saturated rings. The molecule has 0 spiro atoms. The van der Waals surface area contributed by atoms with Gasteiger partial charge in [0.15, 0.2) is 11.6 Å². The van der Waals surface area contributed by atoms with Gasteiger partial charge in [0.2, 0.25) is 0 Å². The molecule has 6 rings (SSSR count). The lowest BCUT2D eigenvalue weighted by Gasteiger charge is -2.40. The monoisotopic (exact) mass is 462 g/mol. The first-order chi connectivity index (χ1) is 17.0. The number of hydrogen-bond donors (Lipinski definition) is 1. The number of nitrogens with two attached hydrogens (primary N) is 1. The van der Waals surface area contributed by atoms with E-state index in [1.165, 1.54) is 16.5 Å². The van der Waals surface area contributed by atoms with Crippen molar-refractivity contribution in [2.75, 3.05) is 13.1 Å². The number of carbonyl (C=O) groups is 2. The fourth-order valence-electron chi connectivity index (χ4n) is 6.28. The summed E-state index contributed by atoms with van der Waals surface area (Å²) < 4.78 is 0. The minimum atomic E-state index is -0.0653. The maximum atomic E-state index is 13.5. The van der Waals surface area contributed by atoms with Crippen LogP contribution in [-0.2, 0) is 11.2 Å². The van der Waals surface area contributed by atoms with Crippen molar-refractivity contribution in [1.82, 2.24) is 4.90 Å². The Morgan fingerprint density at radius 2 is 1.57 bits per heavy atom. The Hall–Kier alpha value is -3.50. The van der Waals surface area contributed by atoms with Crippen molar-refractivity contribution in [1.29, 1.82) is 0 Å². The second-order valence-electron chi connectivity index (χ2n) is 10.1. The van der Waals surface area contributed by atoms with E-state index in [1.807, 2.05) is 19.1 Å². The van der Waals surface area contributed by atoms with Gasteiger partial charge in [-0.25, -0.2) is 0 Å². The quantitative estimate of drug-likeness (QED) is 0.608. The zero-order valence-corrected chi connectivity index (χ0v) is 20.1. The van der Waals surface area contributed by atoms with Crippen molar-refractivity contribution in [2.45, 2.75) is 44.6 Å². The van der Waals surface area contributed by atoms with Gasteiger partial charge < -0.3 is 10.6 Å². The molecular formula is C31H30N2O2. The second-order valence-corrected chi connectivity index (χ2v) is 10.1. The number of piperidine rings is 1. The van der Waals surface area contributed by atoms with Gasteiger partial charge in [0.1, 0.15) is 0 Å². The molecule has 2 atom stereocenters. The number of ketones is 2. The fraction of sp³-hybridized carbons (Fsp3) is 0.290. The van der Waals surface area contributed by atoms with Gasteiger partial charge in [-0.05, 0) is 53.0 Å². The molecule has 4 heteroatoms. The van der Waals surface area contributed by atoms with Crippen LogP contribution in [0.25, 0.3) is 11.3 Å². The molecule has 3 aromatic rings. The summed E-state index contributed by atoms with van der Waals surface area (Å²) in [6, 6.07) is 23.3. The number of rotatable bonds is 3. The van der Waals surface area contributed by atoms with E-state index in [4.69, 9.17) is 5.73 Å². The van der Waals surface area contributed by atoms with Gasteiger partial charge in [0.25, 0.3) is 0 Å². The van der Waals surface area contributed by atoms with Crippen LogP contribution in [0.5, 0.6) is 0 Å². The maximum absolute atomic E-state index is 13.5. The van der Waals surface area contributed by atoms with Crippen LogP contribution in [0.2, 0.25) is 0 Å². The standard InChI is InChI=1S/C31H30N2O2/c1-19-22-13-14-24-23-11-5-6-12-25(23)31(33-15-7-10-21(32)18-33)26(16-20-8-3-2-4-9-20)29(24)30(22)28(35)17-27(19)34/h2-6,8-9,11-14,21,26H,7,10,15-18,32H2,1H3/t21-,26?/m0/s1. The number of hydrogen-bond acceptors (Lipinski definition) is 4. The highest BCUT2D eigenvalue weighted by Gasteiger charge is 2.34. The van der Waals surface area contributed by atoms with Gasteiger partial charge >= 0.3 is 0 Å². The molecule has 0 aromatic heterocycles. The highest BCUT2D eigenvalue weighted by molar-refractivity contribution is 6.27. The molecule has 0 amide bonds. The minimum absolute atomic E-state index is 0.00695. The van der Waals surface area contributed by atoms with E-state index in [-0.39, 0.29) is 29.9 Å². The van der Waals surface area contributed by atoms with E-state index in [9.17, 15) is 9.59 Å². The van der Waals surface area contributed by atoms with Crippen LogP contribution in [0.4, 0.5) is 0 Å². The first-order valence-corrected chi connectivity index (χ1v) is 12.6. The first-order valence-electron chi connectivity index (χ1n) is 12.6. The van der Waals surface area contributed by atoms with Gasteiger partial charge in [-0.1, -0.05) is 66.7 Å². The Bertz CT molecular complexity index is 1570. The van der Waals surface area contributed by atoms with Crippen molar-refractivity contribution in [3.8, 4) is 0 Å². The van der Waals surface area contributed by atoms with Crippen LogP contribution in [0.1, 0.15) is 53.6 Å². The summed E-state index contributed by atoms with van der Waals surface area (Å²) in [4.78, 5) is 28.5. The molecule has 4 nitrogen and oxygen atoms in total. The molecule has 2 aliphatic carbocycles. The minimum Gasteiger partial charge on any atom is -0.372 e. The van der Waals surface area contributed by atoms with Gasteiger partial charge in [-0.2, -0.15) is 0 Å². The van der Waals surface area contributed by atoms with Crippen LogP contribution >= 0.6 is 0 Å². The molecule has 0 bridgehead atoms. The summed E-state index contributed by atoms with van der Waals surface area (Å²) in [5.74, 6) is -0.114. The molecule has 2 N–H and O–H groups in total. The normalized spacial score (nSPS) is 21.5. The van der Waals surface area contributed by atoms with Gasteiger partial charge in [-0.15, -0.1) is 0 Å². The number of Topliss-reactive ketones (excluding diaryl/α,β-unsaturated/α-hetero) is 2.